The van der Waals surface area contributed by atoms with Crippen LogP contribution in [-0.2, 0) is 19.2 Å². The molecular formula is C26H39N5O4. The Balaban J connectivity index is 1.47. The third-order valence-electron chi connectivity index (χ3n) is 8.80. The van der Waals surface area contributed by atoms with Gasteiger partial charge in [0.15, 0.2) is 0 Å². The van der Waals surface area contributed by atoms with E-state index in [2.05, 4.69) is 35.9 Å². The number of nitrogens with one attached hydrogen (secondary N) is 3. The van der Waals surface area contributed by atoms with Gasteiger partial charge in [0.1, 0.15) is 18.1 Å². The molecule has 9 nitrogen and oxygen atoms in total. The van der Waals surface area contributed by atoms with Crippen LogP contribution in [0, 0.1) is 39.9 Å². The van der Waals surface area contributed by atoms with Crippen LogP contribution in [0.15, 0.2) is 0 Å². The summed E-state index contributed by atoms with van der Waals surface area (Å²) in [4.78, 5) is 53.1. The number of carbonyl (C=O) groups excluding carboxylic acids is 4. The lowest BCUT2D eigenvalue weighted by Crippen LogP contribution is -2.59. The van der Waals surface area contributed by atoms with E-state index >= 15 is 0 Å². The van der Waals surface area contributed by atoms with Crippen LogP contribution in [0.4, 0.5) is 0 Å². The Bertz CT molecular complexity index is 973. The highest BCUT2D eigenvalue weighted by Gasteiger charge is 2.69. The molecule has 1 unspecified atom stereocenters. The van der Waals surface area contributed by atoms with Crippen molar-refractivity contribution in [1.29, 1.82) is 5.26 Å². The molecule has 1 spiro atoms. The molecule has 2 saturated heterocycles. The highest BCUT2D eigenvalue weighted by atomic mass is 16.2. The zero-order valence-corrected chi connectivity index (χ0v) is 21.7. The molecule has 2 aliphatic carbocycles. The Morgan fingerprint density at radius 1 is 1.20 bits per heavy atom. The van der Waals surface area contributed by atoms with E-state index in [1.54, 1.807) is 4.90 Å². The van der Waals surface area contributed by atoms with Crippen LogP contribution in [0.1, 0.15) is 73.6 Å². The van der Waals surface area contributed by atoms with E-state index < -0.39 is 23.5 Å². The molecule has 35 heavy (non-hydrogen) atoms. The Kier molecular flexibility index (Phi) is 6.18. The molecule has 0 aromatic carbocycles. The second kappa shape index (κ2) is 8.49. The monoisotopic (exact) mass is 485 g/mol. The first-order valence-electron chi connectivity index (χ1n) is 12.8. The first kappa shape index (κ1) is 25.5. The zero-order chi connectivity index (χ0) is 25.9. The van der Waals surface area contributed by atoms with E-state index in [0.29, 0.717) is 6.54 Å². The normalized spacial score (nSPS) is 31.5. The van der Waals surface area contributed by atoms with Crippen molar-refractivity contribution in [2.24, 2.45) is 28.6 Å². The summed E-state index contributed by atoms with van der Waals surface area (Å²) in [6.07, 6.45) is 3.92. The van der Waals surface area contributed by atoms with Crippen molar-refractivity contribution in [3.8, 4) is 6.07 Å². The Morgan fingerprint density at radius 3 is 2.37 bits per heavy atom. The molecular weight excluding hydrogens is 446 g/mol. The summed E-state index contributed by atoms with van der Waals surface area (Å²) >= 11 is 0. The first-order chi connectivity index (χ1) is 16.2. The number of rotatable bonds is 6. The Hall–Kier alpha value is -2.63. The molecule has 3 N–H and O–H groups in total. The minimum Gasteiger partial charge on any atom is -0.350 e. The lowest BCUT2D eigenvalue weighted by molar-refractivity contribution is -0.145. The second-order valence-electron chi connectivity index (χ2n) is 12.8. The minimum atomic E-state index is -0.807. The molecule has 4 aliphatic rings. The van der Waals surface area contributed by atoms with Crippen LogP contribution < -0.4 is 16.0 Å². The summed E-state index contributed by atoms with van der Waals surface area (Å²) in [7, 11) is 0. The van der Waals surface area contributed by atoms with Crippen LogP contribution >= 0.6 is 0 Å². The molecule has 4 amide bonds. The van der Waals surface area contributed by atoms with Gasteiger partial charge in [0.25, 0.3) is 0 Å². The van der Waals surface area contributed by atoms with Gasteiger partial charge >= 0.3 is 0 Å². The molecule has 2 heterocycles. The van der Waals surface area contributed by atoms with Gasteiger partial charge in [-0.3, -0.25) is 19.2 Å². The quantitative estimate of drug-likeness (QED) is 0.524. The molecule has 2 aliphatic heterocycles. The summed E-state index contributed by atoms with van der Waals surface area (Å²) < 4.78 is 0. The van der Waals surface area contributed by atoms with E-state index in [1.807, 2.05) is 20.8 Å². The fourth-order valence-corrected chi connectivity index (χ4v) is 6.27. The van der Waals surface area contributed by atoms with E-state index in [1.165, 1.54) is 6.92 Å². The minimum absolute atomic E-state index is 0.00329. The van der Waals surface area contributed by atoms with Crippen molar-refractivity contribution in [1.82, 2.24) is 20.9 Å². The van der Waals surface area contributed by atoms with E-state index in [-0.39, 0.29) is 58.8 Å². The van der Waals surface area contributed by atoms with E-state index in [9.17, 15) is 24.4 Å². The van der Waals surface area contributed by atoms with Gasteiger partial charge < -0.3 is 20.9 Å². The van der Waals surface area contributed by atoms with Crippen molar-refractivity contribution in [3.05, 3.63) is 0 Å². The van der Waals surface area contributed by atoms with Crippen LogP contribution in [0.5, 0.6) is 0 Å². The zero-order valence-electron chi connectivity index (χ0n) is 21.7. The summed E-state index contributed by atoms with van der Waals surface area (Å²) in [6, 6.07) is -0.115. The summed E-state index contributed by atoms with van der Waals surface area (Å²) in [5.74, 6) is -1.07. The standard InChI is InChI=1S/C26H39N5O4/c1-14(32)28-20(24(2,3)4)23(35)31-13-17-18(25(17,5)6)19(31)22(34)29-16(12-27)11-15-7-8-26(9-10-26)30-21(15)33/h15-20H,7-11,13H2,1-6H3,(H,28,32)(H,29,34)(H,30,33)/t15-,16-,17-,18-,19?,20+/m0/s1. The maximum Gasteiger partial charge on any atom is 0.246 e. The summed E-state index contributed by atoms with van der Waals surface area (Å²) in [5, 5.41) is 18.5. The first-order valence-corrected chi connectivity index (χ1v) is 12.8. The van der Waals surface area contributed by atoms with Gasteiger partial charge in [-0.15, -0.1) is 0 Å². The van der Waals surface area contributed by atoms with Gasteiger partial charge in [-0.25, -0.2) is 0 Å². The molecule has 0 bridgehead atoms. The highest BCUT2D eigenvalue weighted by Crippen LogP contribution is 2.65. The van der Waals surface area contributed by atoms with Gasteiger partial charge in [-0.2, -0.15) is 5.26 Å². The number of amides is 4. The van der Waals surface area contributed by atoms with Crippen molar-refractivity contribution < 1.29 is 19.2 Å². The maximum absolute atomic E-state index is 13.6. The topological polar surface area (TPSA) is 131 Å². The summed E-state index contributed by atoms with van der Waals surface area (Å²) in [5.41, 5.74) is -0.629. The van der Waals surface area contributed by atoms with Crippen LogP contribution in [-0.4, -0.2) is 58.7 Å². The molecule has 4 fully saturated rings. The molecule has 192 valence electrons. The van der Waals surface area contributed by atoms with Crippen molar-refractivity contribution in [2.45, 2.75) is 97.3 Å². The summed E-state index contributed by atoms with van der Waals surface area (Å²) in [6.45, 7) is 11.7. The van der Waals surface area contributed by atoms with Crippen molar-refractivity contribution >= 4 is 23.6 Å². The van der Waals surface area contributed by atoms with Gasteiger partial charge in [-0.1, -0.05) is 34.6 Å². The number of carbonyl (C=O) groups is 4. The van der Waals surface area contributed by atoms with Crippen molar-refractivity contribution in [2.75, 3.05) is 6.54 Å². The second-order valence-corrected chi connectivity index (χ2v) is 12.8. The predicted octanol–water partition coefficient (Wildman–Crippen LogP) is 1.48. The fourth-order valence-electron chi connectivity index (χ4n) is 6.27. The number of likely N-dealkylation sites (tertiary alicyclic amines) is 1. The van der Waals surface area contributed by atoms with Crippen molar-refractivity contribution in [3.63, 3.8) is 0 Å². The third kappa shape index (κ3) is 4.76. The van der Waals surface area contributed by atoms with Crippen LogP contribution in [0.2, 0.25) is 0 Å². The smallest absolute Gasteiger partial charge is 0.246 e. The Morgan fingerprint density at radius 2 is 1.86 bits per heavy atom. The molecule has 0 aromatic rings. The molecule has 9 heteroatoms. The average Bonchev–Trinajstić information content (AvgIpc) is 3.53. The van der Waals surface area contributed by atoms with Crippen LogP contribution in [0.25, 0.3) is 0 Å². The van der Waals surface area contributed by atoms with Gasteiger partial charge in [-0.05, 0) is 54.8 Å². The molecule has 6 atom stereocenters. The lowest BCUT2D eigenvalue weighted by atomic mass is 9.85. The number of fused-ring (bicyclic) bond motifs is 1. The van der Waals surface area contributed by atoms with Gasteiger partial charge in [0, 0.05) is 24.9 Å². The molecule has 0 radical (unpaired) electrons. The average molecular weight is 486 g/mol. The number of hydrogen-bond donors (Lipinski definition) is 3. The van der Waals surface area contributed by atoms with E-state index in [4.69, 9.17) is 0 Å². The van der Waals surface area contributed by atoms with E-state index in [0.717, 1.165) is 25.7 Å². The maximum atomic E-state index is 13.6. The third-order valence-corrected chi connectivity index (χ3v) is 8.80. The number of nitriles is 1. The Labute approximate surface area is 207 Å². The lowest BCUT2D eigenvalue weighted by Gasteiger charge is -2.37. The van der Waals surface area contributed by atoms with Gasteiger partial charge in [0.2, 0.25) is 23.6 Å². The molecule has 4 rings (SSSR count). The fraction of sp³-hybridized carbons (Fsp3) is 0.808. The number of piperidine rings is 2. The number of nitrogens with zero attached hydrogens (tertiary/aromatic N) is 2. The molecule has 0 aromatic heterocycles. The van der Waals surface area contributed by atoms with Crippen LogP contribution in [0.3, 0.4) is 0 Å². The highest BCUT2D eigenvalue weighted by molar-refractivity contribution is 5.94. The largest absolute Gasteiger partial charge is 0.350 e. The number of hydrogen-bond acceptors (Lipinski definition) is 5. The molecule has 2 saturated carbocycles. The SMILES string of the molecule is CC(=O)N[C@H](C(=O)N1C[C@H]2[C@@H](C1C(=O)N[C@H](C#N)C[C@@H]1CCC3(CC3)NC1=O)C2(C)C)C(C)(C)C. The predicted molar refractivity (Wildman–Crippen MR) is 128 cm³/mol. The van der Waals surface area contributed by atoms with Gasteiger partial charge in [0.05, 0.1) is 6.07 Å².